The van der Waals surface area contributed by atoms with E-state index in [1.54, 1.807) is 34.1 Å². The Hall–Kier alpha value is -4.07. The van der Waals surface area contributed by atoms with E-state index in [1.807, 2.05) is 48.5 Å². The lowest BCUT2D eigenvalue weighted by Gasteiger charge is -2.25. The molecule has 2 amide bonds. The van der Waals surface area contributed by atoms with Crippen LogP contribution in [-0.2, 0) is 16.0 Å². The number of ether oxygens (including phenoxy) is 2. The molecule has 2 aromatic carbocycles. The molecule has 0 fully saturated rings. The van der Waals surface area contributed by atoms with Crippen molar-refractivity contribution in [2.45, 2.75) is 44.8 Å². The third-order valence-corrected chi connectivity index (χ3v) is 6.19. The molecule has 1 aliphatic rings. The highest BCUT2D eigenvalue weighted by Gasteiger charge is 2.28. The Kier molecular flexibility index (Phi) is 7.66. The summed E-state index contributed by atoms with van der Waals surface area (Å²) in [4.78, 5) is 32.1. The number of rotatable bonds is 7. The molecule has 4 rings (SSSR count). The van der Waals surface area contributed by atoms with Gasteiger partial charge in [0.15, 0.2) is 0 Å². The van der Waals surface area contributed by atoms with Crippen molar-refractivity contribution >= 4 is 22.8 Å². The van der Waals surface area contributed by atoms with E-state index in [0.717, 1.165) is 34.2 Å². The van der Waals surface area contributed by atoms with E-state index in [1.165, 1.54) is 0 Å². The molecule has 1 aromatic heterocycles. The SMILES string of the molecule is COc1ccc(C[C@H](NC(=O)OC(C)(C)C)C(=O)NC2=CC(c3ccc4cnccc4c3)CN2C)cc1. The van der Waals surface area contributed by atoms with Gasteiger partial charge < -0.3 is 25.0 Å². The molecule has 0 radical (unpaired) electrons. The maximum atomic E-state index is 13.4. The van der Waals surface area contributed by atoms with Crippen LogP contribution < -0.4 is 15.4 Å². The number of nitrogens with zero attached hydrogens (tertiary/aromatic N) is 2. The van der Waals surface area contributed by atoms with Gasteiger partial charge in [-0.25, -0.2) is 4.79 Å². The number of alkyl carbamates (subject to hydrolysis) is 1. The number of aromatic nitrogens is 1. The highest BCUT2D eigenvalue weighted by molar-refractivity contribution is 5.87. The second-order valence-electron chi connectivity index (χ2n) is 10.3. The number of likely N-dealkylation sites (N-methyl/N-ethyl adjacent to an activating group) is 1. The summed E-state index contributed by atoms with van der Waals surface area (Å²) < 4.78 is 10.6. The molecular weight excluding hydrogens is 468 g/mol. The van der Waals surface area contributed by atoms with Crippen LogP contribution >= 0.6 is 0 Å². The van der Waals surface area contributed by atoms with Gasteiger partial charge in [0.25, 0.3) is 0 Å². The average Bonchev–Trinajstić information content (AvgIpc) is 3.22. The fraction of sp³-hybridized carbons (Fsp3) is 0.345. The smallest absolute Gasteiger partial charge is 0.408 e. The molecule has 2 atom stereocenters. The molecule has 3 aromatic rings. The third kappa shape index (κ3) is 6.78. The molecule has 8 nitrogen and oxygen atoms in total. The first kappa shape index (κ1) is 26.0. The molecular formula is C29H34N4O4. The molecule has 194 valence electrons. The van der Waals surface area contributed by atoms with Gasteiger partial charge in [-0.15, -0.1) is 0 Å². The first-order valence-corrected chi connectivity index (χ1v) is 12.3. The number of carbonyl (C=O) groups excluding carboxylic acids is 2. The molecule has 0 saturated heterocycles. The summed E-state index contributed by atoms with van der Waals surface area (Å²) in [6, 6.07) is 14.9. The lowest BCUT2D eigenvalue weighted by molar-refractivity contribution is -0.122. The largest absolute Gasteiger partial charge is 0.497 e. The first-order chi connectivity index (χ1) is 17.6. The molecule has 1 unspecified atom stereocenters. The minimum Gasteiger partial charge on any atom is -0.497 e. The van der Waals surface area contributed by atoms with E-state index < -0.39 is 17.7 Å². The molecule has 2 N–H and O–H groups in total. The second kappa shape index (κ2) is 10.9. The lowest BCUT2D eigenvalue weighted by Crippen LogP contribution is -2.50. The van der Waals surface area contributed by atoms with E-state index >= 15 is 0 Å². The van der Waals surface area contributed by atoms with Crippen LogP contribution in [0, 0.1) is 0 Å². The lowest BCUT2D eigenvalue weighted by atomic mass is 9.98. The number of pyridine rings is 1. The predicted molar refractivity (Wildman–Crippen MR) is 143 cm³/mol. The zero-order valence-electron chi connectivity index (χ0n) is 21.9. The van der Waals surface area contributed by atoms with Gasteiger partial charge >= 0.3 is 6.09 Å². The number of fused-ring (bicyclic) bond motifs is 1. The number of carbonyl (C=O) groups is 2. The zero-order chi connectivity index (χ0) is 26.6. The molecule has 1 aliphatic heterocycles. The Morgan fingerprint density at radius 3 is 2.57 bits per heavy atom. The van der Waals surface area contributed by atoms with Gasteiger partial charge in [0.05, 0.1) is 7.11 Å². The van der Waals surface area contributed by atoms with Crippen LogP contribution in [-0.4, -0.2) is 54.2 Å². The highest BCUT2D eigenvalue weighted by atomic mass is 16.6. The Bertz CT molecular complexity index is 1300. The Labute approximate surface area is 217 Å². The van der Waals surface area contributed by atoms with E-state index in [9.17, 15) is 9.59 Å². The van der Waals surface area contributed by atoms with Crippen molar-refractivity contribution in [3.05, 3.63) is 83.9 Å². The number of hydrogen-bond acceptors (Lipinski definition) is 6. The summed E-state index contributed by atoms with van der Waals surface area (Å²) in [5.74, 6) is 1.23. The summed E-state index contributed by atoms with van der Waals surface area (Å²) in [7, 11) is 3.54. The molecule has 0 saturated carbocycles. The van der Waals surface area contributed by atoms with Gasteiger partial charge in [-0.2, -0.15) is 0 Å². The third-order valence-electron chi connectivity index (χ3n) is 6.19. The molecule has 0 aliphatic carbocycles. The minimum atomic E-state index is -0.829. The zero-order valence-corrected chi connectivity index (χ0v) is 21.9. The van der Waals surface area contributed by atoms with Gasteiger partial charge in [-0.1, -0.05) is 30.3 Å². The van der Waals surface area contributed by atoms with Crippen molar-refractivity contribution < 1.29 is 19.1 Å². The quantitative estimate of drug-likeness (QED) is 0.499. The van der Waals surface area contributed by atoms with Crippen LogP contribution in [0.2, 0.25) is 0 Å². The van der Waals surface area contributed by atoms with Gasteiger partial charge in [0.2, 0.25) is 5.91 Å². The first-order valence-electron chi connectivity index (χ1n) is 12.3. The van der Waals surface area contributed by atoms with Gasteiger partial charge in [0.1, 0.15) is 23.2 Å². The normalized spacial score (nSPS) is 16.2. The second-order valence-corrected chi connectivity index (χ2v) is 10.3. The van der Waals surface area contributed by atoms with Gasteiger partial charge in [0, 0.05) is 43.7 Å². The Morgan fingerprint density at radius 2 is 1.86 bits per heavy atom. The number of amides is 2. The number of benzene rings is 2. The van der Waals surface area contributed by atoms with E-state index in [2.05, 4.69) is 39.9 Å². The number of methoxy groups -OCH3 is 1. The summed E-state index contributed by atoms with van der Waals surface area (Å²) >= 11 is 0. The van der Waals surface area contributed by atoms with Crippen LogP contribution in [0.3, 0.4) is 0 Å². The minimum absolute atomic E-state index is 0.122. The number of hydrogen-bond donors (Lipinski definition) is 2. The Morgan fingerprint density at radius 1 is 1.11 bits per heavy atom. The molecule has 2 heterocycles. The number of nitrogens with one attached hydrogen (secondary N) is 2. The van der Waals surface area contributed by atoms with E-state index in [0.29, 0.717) is 12.2 Å². The van der Waals surface area contributed by atoms with Crippen molar-refractivity contribution in [1.29, 1.82) is 0 Å². The van der Waals surface area contributed by atoms with Gasteiger partial charge in [-0.3, -0.25) is 9.78 Å². The molecule has 0 bridgehead atoms. The van der Waals surface area contributed by atoms with E-state index in [4.69, 9.17) is 9.47 Å². The summed E-state index contributed by atoms with van der Waals surface area (Å²) in [5.41, 5.74) is 1.37. The summed E-state index contributed by atoms with van der Waals surface area (Å²) in [5, 5.41) is 7.98. The summed E-state index contributed by atoms with van der Waals surface area (Å²) in [6.45, 7) is 6.08. The topological polar surface area (TPSA) is 92.8 Å². The predicted octanol–water partition coefficient (Wildman–Crippen LogP) is 4.37. The molecule has 8 heteroatoms. The maximum Gasteiger partial charge on any atom is 0.408 e. The van der Waals surface area contributed by atoms with Crippen molar-refractivity contribution in [1.82, 2.24) is 20.5 Å². The van der Waals surface area contributed by atoms with E-state index in [-0.39, 0.29) is 11.8 Å². The monoisotopic (exact) mass is 502 g/mol. The van der Waals surface area contributed by atoms with Crippen LogP contribution in [0.4, 0.5) is 4.79 Å². The molecule has 37 heavy (non-hydrogen) atoms. The Balaban J connectivity index is 1.51. The van der Waals surface area contributed by atoms with Crippen molar-refractivity contribution in [3.63, 3.8) is 0 Å². The van der Waals surface area contributed by atoms with Crippen molar-refractivity contribution in [2.24, 2.45) is 0 Å². The maximum absolute atomic E-state index is 13.4. The fourth-order valence-electron chi connectivity index (χ4n) is 4.30. The van der Waals surface area contributed by atoms with Crippen LogP contribution in [0.25, 0.3) is 10.8 Å². The standard InChI is InChI=1S/C29H34N4O4/c1-29(2,3)37-28(35)31-25(14-19-6-10-24(36-5)11-7-19)27(34)32-26-16-23(18-33(26)4)20-8-9-22-17-30-13-12-21(22)15-20/h6-13,15-17,23,25H,14,18H2,1-5H3,(H,31,35)(H,32,34)/t23?,25-/m0/s1. The van der Waals surface area contributed by atoms with Crippen molar-refractivity contribution in [3.8, 4) is 5.75 Å². The van der Waals surface area contributed by atoms with Crippen LogP contribution in [0.15, 0.2) is 72.8 Å². The highest BCUT2D eigenvalue weighted by Crippen LogP contribution is 2.29. The van der Waals surface area contributed by atoms with Gasteiger partial charge in [-0.05, 0) is 61.6 Å². The summed E-state index contributed by atoms with van der Waals surface area (Å²) in [6.07, 6.45) is 5.35. The fourth-order valence-corrected chi connectivity index (χ4v) is 4.30. The molecule has 0 spiro atoms. The van der Waals surface area contributed by atoms with Crippen molar-refractivity contribution in [2.75, 3.05) is 20.7 Å². The van der Waals surface area contributed by atoms with Crippen LogP contribution in [0.5, 0.6) is 5.75 Å². The average molecular weight is 503 g/mol. The van der Waals surface area contributed by atoms with Crippen LogP contribution in [0.1, 0.15) is 37.8 Å².